The molecular formula is C20H29F2N3O. The predicted molar refractivity (Wildman–Crippen MR) is 98.5 cm³/mol. The smallest absolute Gasteiger partial charge is 0.251 e. The lowest BCUT2D eigenvalue weighted by molar-refractivity contribution is -0.0518. The zero-order chi connectivity index (χ0) is 18.6. The van der Waals surface area contributed by atoms with Gasteiger partial charge in [0.25, 0.3) is 5.91 Å². The van der Waals surface area contributed by atoms with Gasteiger partial charge in [0.05, 0.1) is 0 Å². The van der Waals surface area contributed by atoms with Crippen LogP contribution in [0.3, 0.4) is 0 Å². The van der Waals surface area contributed by atoms with Gasteiger partial charge >= 0.3 is 0 Å². The zero-order valence-electron chi connectivity index (χ0n) is 15.5. The molecule has 1 heterocycles. The quantitative estimate of drug-likeness (QED) is 0.871. The monoisotopic (exact) mass is 365 g/mol. The zero-order valence-corrected chi connectivity index (χ0v) is 15.5. The van der Waals surface area contributed by atoms with Gasteiger partial charge in [-0.15, -0.1) is 0 Å². The SMILES string of the molecule is CN1CCN(Cc2ccc(C(=O)NCC3CCCC(F)(F)C3)cc2)CC1. The van der Waals surface area contributed by atoms with Crippen molar-refractivity contribution in [2.75, 3.05) is 39.8 Å². The lowest BCUT2D eigenvalue weighted by Gasteiger charge is -2.32. The van der Waals surface area contributed by atoms with Gasteiger partial charge in [-0.3, -0.25) is 9.69 Å². The van der Waals surface area contributed by atoms with Crippen LogP contribution in [0.2, 0.25) is 0 Å². The first-order valence-corrected chi connectivity index (χ1v) is 9.57. The molecule has 1 atom stereocenters. The van der Waals surface area contributed by atoms with E-state index in [1.807, 2.05) is 24.3 Å². The molecule has 26 heavy (non-hydrogen) atoms. The molecule has 2 fully saturated rings. The number of likely N-dealkylation sites (N-methyl/N-ethyl adjacent to an activating group) is 1. The highest BCUT2D eigenvalue weighted by Gasteiger charge is 2.36. The maximum absolute atomic E-state index is 13.4. The van der Waals surface area contributed by atoms with Crippen molar-refractivity contribution in [1.29, 1.82) is 0 Å². The van der Waals surface area contributed by atoms with Crippen LogP contribution in [0.15, 0.2) is 24.3 Å². The van der Waals surface area contributed by atoms with E-state index in [4.69, 9.17) is 0 Å². The Kier molecular flexibility index (Phi) is 6.24. The summed E-state index contributed by atoms with van der Waals surface area (Å²) >= 11 is 0. The van der Waals surface area contributed by atoms with E-state index in [-0.39, 0.29) is 24.7 Å². The number of hydrogen-bond acceptors (Lipinski definition) is 3. The molecule has 0 bridgehead atoms. The Hall–Kier alpha value is -1.53. The van der Waals surface area contributed by atoms with E-state index in [0.29, 0.717) is 18.5 Å². The van der Waals surface area contributed by atoms with Crippen LogP contribution in [0.1, 0.15) is 41.6 Å². The van der Waals surface area contributed by atoms with Crippen molar-refractivity contribution in [1.82, 2.24) is 15.1 Å². The molecule has 0 radical (unpaired) electrons. The number of piperazine rings is 1. The maximum Gasteiger partial charge on any atom is 0.251 e. The summed E-state index contributed by atoms with van der Waals surface area (Å²) in [5, 5.41) is 2.82. The molecular weight excluding hydrogens is 336 g/mol. The number of halogens is 2. The van der Waals surface area contributed by atoms with Crippen LogP contribution in [0.4, 0.5) is 8.78 Å². The third-order valence-electron chi connectivity index (χ3n) is 5.51. The fourth-order valence-electron chi connectivity index (χ4n) is 3.81. The number of hydrogen-bond donors (Lipinski definition) is 1. The summed E-state index contributed by atoms with van der Waals surface area (Å²) in [5.74, 6) is -2.87. The van der Waals surface area contributed by atoms with Crippen molar-refractivity contribution in [3.63, 3.8) is 0 Å². The minimum absolute atomic E-state index is 0.0216. The lowest BCUT2D eigenvalue weighted by Crippen LogP contribution is -2.43. The van der Waals surface area contributed by atoms with Crippen LogP contribution >= 0.6 is 0 Å². The molecule has 4 nitrogen and oxygen atoms in total. The fraction of sp³-hybridized carbons (Fsp3) is 0.650. The predicted octanol–water partition coefficient (Wildman–Crippen LogP) is 2.99. The number of rotatable bonds is 5. The van der Waals surface area contributed by atoms with Gasteiger partial charge in [-0.25, -0.2) is 8.78 Å². The van der Waals surface area contributed by atoms with Crippen molar-refractivity contribution < 1.29 is 13.6 Å². The first-order valence-electron chi connectivity index (χ1n) is 9.57. The highest BCUT2D eigenvalue weighted by molar-refractivity contribution is 5.94. The Balaban J connectivity index is 1.46. The molecule has 1 saturated heterocycles. The first kappa shape index (κ1) is 19.2. The van der Waals surface area contributed by atoms with Gasteiger partial charge in [-0.05, 0) is 43.5 Å². The number of amides is 1. The van der Waals surface area contributed by atoms with E-state index in [9.17, 15) is 13.6 Å². The largest absolute Gasteiger partial charge is 0.352 e. The van der Waals surface area contributed by atoms with Gasteiger partial charge in [0.15, 0.2) is 0 Å². The molecule has 2 aliphatic rings. The normalized spacial score (nSPS) is 24.3. The summed E-state index contributed by atoms with van der Waals surface area (Å²) < 4.78 is 26.9. The number of alkyl halides is 2. The van der Waals surface area contributed by atoms with Crippen molar-refractivity contribution >= 4 is 5.91 Å². The second-order valence-corrected chi connectivity index (χ2v) is 7.80. The number of carbonyl (C=O) groups excluding carboxylic acids is 1. The fourth-order valence-corrected chi connectivity index (χ4v) is 3.81. The van der Waals surface area contributed by atoms with E-state index in [0.717, 1.165) is 39.1 Å². The van der Waals surface area contributed by atoms with Crippen LogP contribution in [-0.2, 0) is 6.54 Å². The summed E-state index contributed by atoms with van der Waals surface area (Å²) in [6, 6.07) is 7.64. The Labute approximate surface area is 154 Å². The van der Waals surface area contributed by atoms with E-state index in [1.54, 1.807) is 0 Å². The minimum atomic E-state index is -2.57. The van der Waals surface area contributed by atoms with Gasteiger partial charge in [0.1, 0.15) is 0 Å². The molecule has 1 saturated carbocycles. The molecule has 1 N–H and O–H groups in total. The second-order valence-electron chi connectivity index (χ2n) is 7.80. The Morgan fingerprint density at radius 1 is 1.19 bits per heavy atom. The maximum atomic E-state index is 13.4. The van der Waals surface area contributed by atoms with Crippen LogP contribution in [-0.4, -0.2) is 61.4 Å². The molecule has 144 valence electrons. The first-order chi connectivity index (χ1) is 12.4. The number of nitrogens with one attached hydrogen (secondary N) is 1. The van der Waals surface area contributed by atoms with Crippen LogP contribution < -0.4 is 5.32 Å². The summed E-state index contributed by atoms with van der Waals surface area (Å²) in [4.78, 5) is 17.0. The van der Waals surface area contributed by atoms with E-state index < -0.39 is 5.92 Å². The van der Waals surface area contributed by atoms with Crippen LogP contribution in [0.25, 0.3) is 0 Å². The van der Waals surface area contributed by atoms with E-state index >= 15 is 0 Å². The number of carbonyl (C=O) groups is 1. The van der Waals surface area contributed by atoms with Crippen molar-refractivity contribution in [3.8, 4) is 0 Å². The highest BCUT2D eigenvalue weighted by atomic mass is 19.3. The summed E-state index contributed by atoms with van der Waals surface area (Å²) in [6.07, 6.45) is 1.16. The van der Waals surface area contributed by atoms with E-state index in [1.165, 1.54) is 5.56 Å². The Morgan fingerprint density at radius 3 is 2.54 bits per heavy atom. The molecule has 1 aliphatic carbocycles. The molecule has 1 aromatic carbocycles. The second kappa shape index (κ2) is 8.44. The average Bonchev–Trinajstić information content (AvgIpc) is 2.61. The van der Waals surface area contributed by atoms with Crippen molar-refractivity contribution in [2.24, 2.45) is 5.92 Å². The summed E-state index contributed by atoms with van der Waals surface area (Å²) in [6.45, 7) is 5.52. The minimum Gasteiger partial charge on any atom is -0.352 e. The molecule has 0 spiro atoms. The van der Waals surface area contributed by atoms with Crippen LogP contribution in [0, 0.1) is 5.92 Å². The molecule has 0 aromatic heterocycles. The lowest BCUT2D eigenvalue weighted by atomic mass is 9.86. The van der Waals surface area contributed by atoms with Crippen molar-refractivity contribution in [2.45, 2.75) is 38.2 Å². The van der Waals surface area contributed by atoms with Gasteiger partial charge in [-0.2, -0.15) is 0 Å². The average molecular weight is 365 g/mol. The standard InChI is InChI=1S/C20H29F2N3O/c1-24-9-11-25(12-10-24)15-16-4-6-18(7-5-16)19(26)23-14-17-3-2-8-20(21,22)13-17/h4-7,17H,2-3,8-15H2,1H3,(H,23,26). The third kappa shape index (κ3) is 5.48. The molecule has 6 heteroatoms. The molecule has 3 rings (SSSR count). The summed E-state index contributed by atoms with van der Waals surface area (Å²) in [5.41, 5.74) is 1.78. The van der Waals surface area contributed by atoms with Gasteiger partial charge in [0, 0.05) is 57.7 Å². The third-order valence-corrected chi connectivity index (χ3v) is 5.51. The van der Waals surface area contributed by atoms with Gasteiger partial charge in [-0.1, -0.05) is 12.1 Å². The molecule has 1 unspecified atom stereocenters. The van der Waals surface area contributed by atoms with Gasteiger partial charge in [0.2, 0.25) is 5.92 Å². The number of benzene rings is 1. The number of nitrogens with zero attached hydrogens (tertiary/aromatic N) is 2. The summed E-state index contributed by atoms with van der Waals surface area (Å²) in [7, 11) is 2.14. The van der Waals surface area contributed by atoms with Gasteiger partial charge < -0.3 is 10.2 Å². The Morgan fingerprint density at radius 2 is 1.88 bits per heavy atom. The topological polar surface area (TPSA) is 35.6 Å². The molecule has 1 amide bonds. The van der Waals surface area contributed by atoms with E-state index in [2.05, 4.69) is 22.2 Å². The van der Waals surface area contributed by atoms with Crippen molar-refractivity contribution in [3.05, 3.63) is 35.4 Å². The van der Waals surface area contributed by atoms with Crippen LogP contribution in [0.5, 0.6) is 0 Å². The highest BCUT2D eigenvalue weighted by Crippen LogP contribution is 2.36. The Bertz CT molecular complexity index is 598. The molecule has 1 aliphatic heterocycles. The molecule has 1 aromatic rings.